The summed E-state index contributed by atoms with van der Waals surface area (Å²) < 4.78 is 4.32. The van der Waals surface area contributed by atoms with Gasteiger partial charge in [0.25, 0.3) is 0 Å². The Hall–Kier alpha value is -0.910. The smallest absolute Gasteiger partial charge is 0.327 e. The molecule has 5 heteroatoms. The molecule has 12 heavy (non-hydrogen) atoms. The topological polar surface area (TPSA) is 87.0 Å². The van der Waals surface area contributed by atoms with Gasteiger partial charge in [-0.3, -0.25) is 0 Å². The fraction of sp³-hybridized carbons (Fsp3) is 0.571. The Kier molecular flexibility index (Phi) is 9.32. The van der Waals surface area contributed by atoms with E-state index in [1.807, 2.05) is 0 Å². The highest BCUT2D eigenvalue weighted by molar-refractivity contribution is 5.78. The van der Waals surface area contributed by atoms with E-state index in [-0.39, 0.29) is 0 Å². The van der Waals surface area contributed by atoms with Gasteiger partial charge in [-0.25, -0.2) is 4.79 Å². The summed E-state index contributed by atoms with van der Waals surface area (Å²) in [5.41, 5.74) is 0. The number of rotatable bonds is 3. The fourth-order valence-corrected chi connectivity index (χ4v) is 0.197. The average molecular weight is 178 g/mol. The van der Waals surface area contributed by atoms with Gasteiger partial charge in [0.05, 0.1) is 0 Å². The number of hydrogen-bond donors (Lipinski definition) is 3. The molecular weight excluding hydrogens is 164 g/mol. The van der Waals surface area contributed by atoms with Gasteiger partial charge in [0.1, 0.15) is 6.10 Å². The van der Waals surface area contributed by atoms with E-state index in [0.29, 0.717) is 0 Å². The molecule has 0 amide bonds. The van der Waals surface area contributed by atoms with Gasteiger partial charge in [-0.15, -0.1) is 0 Å². The summed E-state index contributed by atoms with van der Waals surface area (Å²) in [6.45, 7) is 4.41. The van der Waals surface area contributed by atoms with Crippen molar-refractivity contribution in [1.82, 2.24) is 0 Å². The van der Waals surface area contributed by atoms with E-state index in [1.165, 1.54) is 14.0 Å². The van der Waals surface area contributed by atoms with E-state index >= 15 is 0 Å². The Balaban J connectivity index is 0. The van der Waals surface area contributed by atoms with Gasteiger partial charge in [0.15, 0.2) is 6.29 Å². The van der Waals surface area contributed by atoms with Crippen LogP contribution in [0.3, 0.4) is 0 Å². The van der Waals surface area contributed by atoms with Gasteiger partial charge in [0.2, 0.25) is 0 Å². The SMILES string of the molecule is C=CC(=O)O.COC(O)C(C)O. The van der Waals surface area contributed by atoms with Crippen LogP contribution < -0.4 is 0 Å². The van der Waals surface area contributed by atoms with Gasteiger partial charge in [-0.1, -0.05) is 6.58 Å². The number of carboxylic acid groups (broad SMARTS) is 1. The first-order valence-corrected chi connectivity index (χ1v) is 3.20. The zero-order valence-electron chi connectivity index (χ0n) is 7.10. The maximum atomic E-state index is 9.25. The summed E-state index contributed by atoms with van der Waals surface area (Å²) >= 11 is 0. The molecule has 0 aromatic rings. The van der Waals surface area contributed by atoms with E-state index in [2.05, 4.69) is 11.3 Å². The molecular formula is C7H14O5. The molecule has 0 fully saturated rings. The molecule has 0 aromatic carbocycles. The molecule has 0 bridgehead atoms. The molecule has 0 aliphatic heterocycles. The van der Waals surface area contributed by atoms with Crippen molar-refractivity contribution in [3.8, 4) is 0 Å². The minimum atomic E-state index is -1.04. The predicted octanol–water partition coefficient (Wildman–Crippen LogP) is -0.411. The molecule has 0 heterocycles. The Morgan fingerprint density at radius 1 is 1.58 bits per heavy atom. The molecule has 2 unspecified atom stereocenters. The second-order valence-corrected chi connectivity index (χ2v) is 1.91. The summed E-state index contributed by atoms with van der Waals surface area (Å²) in [6.07, 6.45) is -1.01. The first-order valence-electron chi connectivity index (χ1n) is 3.20. The molecule has 0 spiro atoms. The van der Waals surface area contributed by atoms with Crippen molar-refractivity contribution in [2.45, 2.75) is 19.3 Å². The van der Waals surface area contributed by atoms with Crippen molar-refractivity contribution in [3.63, 3.8) is 0 Å². The van der Waals surface area contributed by atoms with Crippen molar-refractivity contribution in [1.29, 1.82) is 0 Å². The molecule has 0 radical (unpaired) electrons. The lowest BCUT2D eigenvalue weighted by molar-refractivity contribution is -0.137. The summed E-state index contributed by atoms with van der Waals surface area (Å²) in [7, 11) is 1.33. The number of carboxylic acids is 1. The van der Waals surface area contributed by atoms with E-state index in [4.69, 9.17) is 15.3 Å². The lowest BCUT2D eigenvalue weighted by atomic mass is 10.4. The lowest BCUT2D eigenvalue weighted by Crippen LogP contribution is -2.23. The monoisotopic (exact) mass is 178 g/mol. The Morgan fingerprint density at radius 2 is 1.92 bits per heavy atom. The summed E-state index contributed by atoms with van der Waals surface area (Å²) in [6, 6.07) is 0. The van der Waals surface area contributed by atoms with Crippen LogP contribution in [0.2, 0.25) is 0 Å². The van der Waals surface area contributed by atoms with Crippen LogP contribution in [0.15, 0.2) is 12.7 Å². The highest BCUT2D eigenvalue weighted by Crippen LogP contribution is 1.89. The molecule has 72 valence electrons. The van der Waals surface area contributed by atoms with Crippen LogP contribution in [-0.4, -0.2) is 40.8 Å². The third-order valence-corrected chi connectivity index (χ3v) is 0.829. The molecule has 2 atom stereocenters. The molecule has 0 aromatic heterocycles. The lowest BCUT2D eigenvalue weighted by Gasteiger charge is -2.09. The van der Waals surface area contributed by atoms with Gasteiger partial charge in [-0.05, 0) is 6.92 Å². The Morgan fingerprint density at radius 3 is 1.92 bits per heavy atom. The van der Waals surface area contributed by atoms with Crippen LogP contribution in [0.25, 0.3) is 0 Å². The fourth-order valence-electron chi connectivity index (χ4n) is 0.197. The van der Waals surface area contributed by atoms with Crippen molar-refractivity contribution in [3.05, 3.63) is 12.7 Å². The highest BCUT2D eigenvalue weighted by atomic mass is 16.6. The van der Waals surface area contributed by atoms with Crippen molar-refractivity contribution in [2.24, 2.45) is 0 Å². The minimum Gasteiger partial charge on any atom is -0.478 e. The molecule has 0 aliphatic carbocycles. The zero-order valence-corrected chi connectivity index (χ0v) is 7.10. The number of methoxy groups -OCH3 is 1. The standard InChI is InChI=1S/C4H10O3.C3H4O2/c1-3(5)4(6)7-2;1-2-3(4)5/h3-6H,1-2H3;2H,1H2,(H,4,5). The number of aliphatic hydroxyl groups excluding tert-OH is 2. The van der Waals surface area contributed by atoms with E-state index in [0.717, 1.165) is 6.08 Å². The van der Waals surface area contributed by atoms with Gasteiger partial charge < -0.3 is 20.1 Å². The summed E-state index contributed by atoms with van der Waals surface area (Å²) in [5.74, 6) is -0.981. The largest absolute Gasteiger partial charge is 0.478 e. The zero-order chi connectivity index (χ0) is 10.1. The van der Waals surface area contributed by atoms with Gasteiger partial charge in [-0.2, -0.15) is 0 Å². The number of ether oxygens (including phenoxy) is 1. The van der Waals surface area contributed by atoms with Gasteiger partial charge >= 0.3 is 5.97 Å². The van der Waals surface area contributed by atoms with Crippen LogP contribution in [-0.2, 0) is 9.53 Å². The van der Waals surface area contributed by atoms with E-state index in [1.54, 1.807) is 0 Å². The number of carbonyl (C=O) groups is 1. The normalized spacial score (nSPS) is 13.7. The van der Waals surface area contributed by atoms with Crippen molar-refractivity contribution < 1.29 is 24.9 Å². The quantitative estimate of drug-likeness (QED) is 0.404. The minimum absolute atomic E-state index is 0.801. The maximum Gasteiger partial charge on any atom is 0.327 e. The third kappa shape index (κ3) is 11.8. The Bertz CT molecular complexity index is 132. The maximum absolute atomic E-state index is 9.25. The van der Waals surface area contributed by atoms with Crippen LogP contribution in [0, 0.1) is 0 Å². The van der Waals surface area contributed by atoms with Crippen LogP contribution in [0.4, 0.5) is 0 Å². The average Bonchev–Trinajstić information content (AvgIpc) is 2.04. The molecule has 0 saturated heterocycles. The second-order valence-electron chi connectivity index (χ2n) is 1.91. The van der Waals surface area contributed by atoms with Crippen LogP contribution in [0.5, 0.6) is 0 Å². The van der Waals surface area contributed by atoms with Crippen LogP contribution in [0.1, 0.15) is 6.92 Å². The molecule has 0 aliphatic rings. The Labute approximate surface area is 70.9 Å². The molecule has 3 N–H and O–H groups in total. The number of hydrogen-bond acceptors (Lipinski definition) is 4. The third-order valence-electron chi connectivity index (χ3n) is 0.829. The first-order chi connectivity index (χ1) is 5.45. The second kappa shape index (κ2) is 8.19. The number of aliphatic carboxylic acids is 1. The summed E-state index contributed by atoms with van der Waals surface area (Å²) in [4.78, 5) is 9.25. The first kappa shape index (κ1) is 13.7. The predicted molar refractivity (Wildman–Crippen MR) is 42.5 cm³/mol. The summed E-state index contributed by atoms with van der Waals surface area (Å²) in [5, 5.41) is 24.5. The van der Waals surface area contributed by atoms with Crippen molar-refractivity contribution in [2.75, 3.05) is 7.11 Å². The number of aliphatic hydroxyl groups is 2. The van der Waals surface area contributed by atoms with E-state index in [9.17, 15) is 4.79 Å². The molecule has 0 rings (SSSR count). The van der Waals surface area contributed by atoms with Crippen LogP contribution >= 0.6 is 0 Å². The molecule has 5 nitrogen and oxygen atoms in total. The van der Waals surface area contributed by atoms with E-state index < -0.39 is 18.4 Å². The van der Waals surface area contributed by atoms with Gasteiger partial charge in [0, 0.05) is 13.2 Å². The molecule has 0 saturated carbocycles. The highest BCUT2D eigenvalue weighted by Gasteiger charge is 2.06. The van der Waals surface area contributed by atoms with Crippen molar-refractivity contribution >= 4 is 5.97 Å².